The minimum absolute atomic E-state index is 0.0101. The van der Waals surface area contributed by atoms with Crippen molar-refractivity contribution in [3.63, 3.8) is 0 Å². The number of nitrogens with zero attached hydrogens (tertiary/aromatic N) is 4. The zero-order chi connectivity index (χ0) is 29.4. The van der Waals surface area contributed by atoms with Crippen molar-refractivity contribution in [3.05, 3.63) is 106 Å². The Bertz CT molecular complexity index is 1540. The molecule has 0 fully saturated rings. The van der Waals surface area contributed by atoms with Crippen LogP contribution < -0.4 is 20.3 Å². The lowest BCUT2D eigenvalue weighted by atomic mass is 10.2. The van der Waals surface area contributed by atoms with Gasteiger partial charge >= 0.3 is 6.36 Å². The third-order valence-electron chi connectivity index (χ3n) is 5.72. The highest BCUT2D eigenvalue weighted by Gasteiger charge is 2.31. The second-order valence-electron chi connectivity index (χ2n) is 8.88. The summed E-state index contributed by atoms with van der Waals surface area (Å²) in [5.74, 6) is -1.52. The number of para-hydroxylation sites is 1. The molecule has 0 saturated heterocycles. The van der Waals surface area contributed by atoms with Gasteiger partial charge in [-0.2, -0.15) is 0 Å². The van der Waals surface area contributed by atoms with E-state index in [1.807, 2.05) is 0 Å². The Morgan fingerprint density at radius 3 is 2.61 bits per heavy atom. The average molecular weight is 578 g/mol. The van der Waals surface area contributed by atoms with Crippen molar-refractivity contribution in [1.82, 2.24) is 24.9 Å². The predicted octanol–water partition coefficient (Wildman–Crippen LogP) is 4.41. The number of halogens is 5. The quantitative estimate of drug-likeness (QED) is 0.251. The molecule has 4 rings (SSSR count). The summed E-state index contributed by atoms with van der Waals surface area (Å²) in [6, 6.07) is 14.0. The summed E-state index contributed by atoms with van der Waals surface area (Å²) in [6.07, 6.45) is -3.54. The first kappa shape index (κ1) is 29.2. The fourth-order valence-electron chi connectivity index (χ4n) is 3.74. The van der Waals surface area contributed by atoms with Gasteiger partial charge in [-0.3, -0.25) is 9.59 Å². The van der Waals surface area contributed by atoms with E-state index in [2.05, 4.69) is 20.4 Å². The van der Waals surface area contributed by atoms with E-state index >= 15 is 0 Å². The maximum absolute atomic E-state index is 14.6. The van der Waals surface area contributed by atoms with Gasteiger partial charge < -0.3 is 19.4 Å². The molecule has 4 aromatic rings. The molecule has 1 unspecified atom stereocenters. The van der Waals surface area contributed by atoms with Gasteiger partial charge in [0.2, 0.25) is 0 Å². The molecule has 2 aromatic carbocycles. The molecule has 0 saturated carbocycles. The Balaban J connectivity index is 1.23. The van der Waals surface area contributed by atoms with E-state index in [9.17, 15) is 31.5 Å². The number of hydrogen-bond acceptors (Lipinski definition) is 6. The van der Waals surface area contributed by atoms with Crippen LogP contribution in [0.15, 0.2) is 77.9 Å². The molecule has 0 aliphatic heterocycles. The summed E-state index contributed by atoms with van der Waals surface area (Å²) in [4.78, 5) is 24.7. The third kappa shape index (κ3) is 8.88. The van der Waals surface area contributed by atoms with Crippen LogP contribution >= 0.6 is 0 Å². The Labute approximate surface area is 230 Å². The smallest absolute Gasteiger partial charge is 0.486 e. The number of aryl methyl sites for hydroxylation is 1. The van der Waals surface area contributed by atoms with Crippen molar-refractivity contribution in [3.8, 4) is 11.5 Å². The Morgan fingerprint density at radius 1 is 1.05 bits per heavy atom. The van der Waals surface area contributed by atoms with Gasteiger partial charge in [-0.15, -0.1) is 18.3 Å². The molecule has 0 spiro atoms. The van der Waals surface area contributed by atoms with Gasteiger partial charge in [0.25, 0.3) is 11.5 Å². The molecular formula is C27H24F5N5O4. The Hall–Kier alpha value is -4.75. The molecule has 0 radical (unpaired) electrons. The van der Waals surface area contributed by atoms with E-state index in [0.717, 1.165) is 16.8 Å². The Kier molecular flexibility index (Phi) is 9.32. The number of benzene rings is 2. The number of rotatable bonds is 12. The SMILES string of the molecule is O=C(NCc1cccc(OC(F)(F)F)c1)c1cn(CC(F)CCn2ccc(COc3ccccc3F)cc2=O)nn1. The summed E-state index contributed by atoms with van der Waals surface area (Å²) in [5.41, 5.74) is 0.408. The van der Waals surface area contributed by atoms with Crippen molar-refractivity contribution in [2.24, 2.45) is 0 Å². The van der Waals surface area contributed by atoms with E-state index < -0.39 is 30.0 Å². The molecule has 0 aliphatic rings. The number of alkyl halides is 4. The van der Waals surface area contributed by atoms with Crippen LogP contribution in [0.1, 0.15) is 28.0 Å². The van der Waals surface area contributed by atoms with Gasteiger partial charge in [-0.1, -0.05) is 29.5 Å². The van der Waals surface area contributed by atoms with E-state index in [1.54, 1.807) is 12.1 Å². The summed E-state index contributed by atoms with van der Waals surface area (Å²) >= 11 is 0. The van der Waals surface area contributed by atoms with Crippen LogP contribution in [0.5, 0.6) is 11.5 Å². The van der Waals surface area contributed by atoms with Crippen LogP contribution in [0.4, 0.5) is 22.0 Å². The predicted molar refractivity (Wildman–Crippen MR) is 135 cm³/mol. The number of hydrogen-bond donors (Lipinski definition) is 1. The van der Waals surface area contributed by atoms with E-state index in [1.165, 1.54) is 53.4 Å². The monoisotopic (exact) mass is 577 g/mol. The number of aromatic nitrogens is 4. The van der Waals surface area contributed by atoms with Gasteiger partial charge in [-0.05, 0) is 47.9 Å². The molecule has 9 nitrogen and oxygen atoms in total. The molecular weight excluding hydrogens is 553 g/mol. The first-order chi connectivity index (χ1) is 19.6. The van der Waals surface area contributed by atoms with Gasteiger partial charge in [0.05, 0.1) is 12.7 Å². The molecule has 1 N–H and O–H groups in total. The lowest BCUT2D eigenvalue weighted by molar-refractivity contribution is -0.274. The topological polar surface area (TPSA) is 100 Å². The van der Waals surface area contributed by atoms with Crippen molar-refractivity contribution in [1.29, 1.82) is 0 Å². The van der Waals surface area contributed by atoms with E-state index in [0.29, 0.717) is 11.1 Å². The van der Waals surface area contributed by atoms with Crippen molar-refractivity contribution in [2.45, 2.75) is 45.2 Å². The fourth-order valence-corrected chi connectivity index (χ4v) is 3.74. The molecule has 0 bridgehead atoms. The number of amides is 1. The molecule has 2 aromatic heterocycles. The number of carbonyl (C=O) groups excluding carboxylic acids is 1. The van der Waals surface area contributed by atoms with Crippen LogP contribution in [0, 0.1) is 5.82 Å². The highest BCUT2D eigenvalue weighted by Crippen LogP contribution is 2.23. The number of nitrogens with one attached hydrogen (secondary N) is 1. The highest BCUT2D eigenvalue weighted by atomic mass is 19.4. The zero-order valence-electron chi connectivity index (χ0n) is 21.4. The summed E-state index contributed by atoms with van der Waals surface area (Å²) in [5, 5.41) is 9.94. The number of carbonyl (C=O) groups is 1. The first-order valence-electron chi connectivity index (χ1n) is 12.3. The van der Waals surface area contributed by atoms with Crippen LogP contribution in [0.3, 0.4) is 0 Å². The Morgan fingerprint density at radius 2 is 1.85 bits per heavy atom. The average Bonchev–Trinajstić information content (AvgIpc) is 3.38. The largest absolute Gasteiger partial charge is 0.573 e. The second-order valence-corrected chi connectivity index (χ2v) is 8.88. The minimum Gasteiger partial charge on any atom is -0.486 e. The lowest BCUT2D eigenvalue weighted by Crippen LogP contribution is -2.23. The van der Waals surface area contributed by atoms with Gasteiger partial charge in [0.1, 0.15) is 18.5 Å². The van der Waals surface area contributed by atoms with E-state index in [4.69, 9.17) is 4.74 Å². The summed E-state index contributed by atoms with van der Waals surface area (Å²) < 4.78 is 77.2. The molecule has 41 heavy (non-hydrogen) atoms. The van der Waals surface area contributed by atoms with Crippen LogP contribution in [0.2, 0.25) is 0 Å². The molecule has 1 atom stereocenters. The fraction of sp³-hybridized carbons (Fsp3) is 0.259. The minimum atomic E-state index is -4.84. The molecule has 1 amide bonds. The van der Waals surface area contributed by atoms with E-state index in [-0.39, 0.29) is 49.7 Å². The van der Waals surface area contributed by atoms with Crippen LogP contribution in [0.25, 0.3) is 0 Å². The van der Waals surface area contributed by atoms with Crippen molar-refractivity contribution < 1.29 is 36.2 Å². The molecule has 216 valence electrons. The first-order valence-corrected chi connectivity index (χ1v) is 12.3. The second kappa shape index (κ2) is 13.1. The molecule has 0 aliphatic carbocycles. The number of ether oxygens (including phenoxy) is 2. The zero-order valence-corrected chi connectivity index (χ0v) is 21.4. The maximum Gasteiger partial charge on any atom is 0.573 e. The number of pyridine rings is 1. The van der Waals surface area contributed by atoms with Crippen LogP contribution in [-0.2, 0) is 26.2 Å². The molecule has 14 heteroatoms. The van der Waals surface area contributed by atoms with Crippen molar-refractivity contribution >= 4 is 5.91 Å². The lowest BCUT2D eigenvalue weighted by Gasteiger charge is -2.11. The normalized spacial score (nSPS) is 12.1. The standard InChI is InChI=1S/C27H24F5N5O4/c28-20(9-11-36-10-8-19(13-25(36)38)17-40-24-7-2-1-6-22(24)29)15-37-16-23(34-35-37)26(39)33-14-18-4-3-5-21(12-18)41-27(30,31)32/h1-8,10,12-13,16,20H,9,11,14-15,17H2,(H,33,39). The third-order valence-corrected chi connectivity index (χ3v) is 5.72. The van der Waals surface area contributed by atoms with Crippen LogP contribution in [-0.4, -0.2) is 38.0 Å². The summed E-state index contributed by atoms with van der Waals surface area (Å²) in [6.45, 7) is -0.257. The molecule has 2 heterocycles. The highest BCUT2D eigenvalue weighted by molar-refractivity contribution is 5.91. The van der Waals surface area contributed by atoms with Gasteiger partial charge in [-0.25, -0.2) is 13.5 Å². The maximum atomic E-state index is 14.6. The van der Waals surface area contributed by atoms with Gasteiger partial charge in [0, 0.05) is 25.4 Å². The van der Waals surface area contributed by atoms with Gasteiger partial charge in [0.15, 0.2) is 17.3 Å². The summed E-state index contributed by atoms with van der Waals surface area (Å²) in [7, 11) is 0. The van der Waals surface area contributed by atoms with Crippen molar-refractivity contribution in [2.75, 3.05) is 0 Å².